The second kappa shape index (κ2) is 11.8. The minimum absolute atomic E-state index is 0.705. The van der Waals surface area contributed by atoms with Crippen molar-refractivity contribution in [3.63, 3.8) is 0 Å². The molecular weight excluding hydrogens is 198 g/mol. The molecule has 0 bridgehead atoms. The van der Waals surface area contributed by atoms with Gasteiger partial charge in [0.05, 0.1) is 0 Å². The van der Waals surface area contributed by atoms with Crippen LogP contribution in [0, 0.1) is 6.92 Å². The van der Waals surface area contributed by atoms with Gasteiger partial charge < -0.3 is 4.42 Å². The Balaban J connectivity index is 0. The van der Waals surface area contributed by atoms with Crippen LogP contribution in [-0.2, 0) is 0 Å². The van der Waals surface area contributed by atoms with E-state index in [1.807, 2.05) is 72.8 Å². The molecule has 0 aliphatic heterocycles. The number of oxazole rings is 1. The Morgan fingerprint density at radius 2 is 1.44 bits per heavy atom. The van der Waals surface area contributed by atoms with E-state index in [1.165, 1.54) is 0 Å². The molecule has 1 aromatic rings. The Hall–Kier alpha value is -1.31. The Morgan fingerprint density at radius 1 is 0.938 bits per heavy atom. The van der Waals surface area contributed by atoms with E-state index in [2.05, 4.69) is 4.98 Å². The molecule has 0 atom stereocenters. The lowest BCUT2D eigenvalue weighted by molar-refractivity contribution is 0.513. The lowest BCUT2D eigenvalue weighted by atomic mass is 10.3. The molecule has 0 fully saturated rings. The first kappa shape index (κ1) is 17.1. The van der Waals surface area contributed by atoms with E-state index in [-0.39, 0.29) is 0 Å². The molecule has 0 saturated carbocycles. The van der Waals surface area contributed by atoms with Crippen LogP contribution in [0.15, 0.2) is 16.6 Å². The van der Waals surface area contributed by atoms with Gasteiger partial charge >= 0.3 is 0 Å². The van der Waals surface area contributed by atoms with Gasteiger partial charge in [-0.05, 0) is 26.0 Å². The summed E-state index contributed by atoms with van der Waals surface area (Å²) in [5, 5.41) is 0. The third kappa shape index (κ3) is 6.23. The first-order chi connectivity index (χ1) is 7.77. The van der Waals surface area contributed by atoms with Crippen LogP contribution in [0.2, 0.25) is 0 Å². The van der Waals surface area contributed by atoms with Crippen LogP contribution in [0.3, 0.4) is 0 Å². The van der Waals surface area contributed by atoms with Crippen LogP contribution >= 0.6 is 0 Å². The zero-order chi connectivity index (χ0) is 13.0. The standard InChI is InChI=1S/C10H13NO.2C2H6/c1-4-6-9-10(7-5-2)12-8(3)11-9;2*1-2/h4-7H,1-3H3;2*1-2H3/b6-4-,7-5-;;. The highest BCUT2D eigenvalue weighted by atomic mass is 16.4. The number of allylic oxidation sites excluding steroid dienone is 2. The van der Waals surface area contributed by atoms with Crippen molar-refractivity contribution in [2.45, 2.75) is 48.5 Å². The zero-order valence-corrected chi connectivity index (χ0v) is 11.7. The largest absolute Gasteiger partial charge is 0.441 e. The van der Waals surface area contributed by atoms with E-state index in [9.17, 15) is 0 Å². The Bertz CT molecular complexity index is 279. The van der Waals surface area contributed by atoms with Gasteiger partial charge in [-0.1, -0.05) is 39.8 Å². The van der Waals surface area contributed by atoms with Crippen LogP contribution in [0.1, 0.15) is 58.9 Å². The molecule has 0 radical (unpaired) electrons. The molecule has 0 amide bonds. The maximum absolute atomic E-state index is 5.36. The number of aromatic nitrogens is 1. The molecule has 92 valence electrons. The average Bonchev–Trinajstić information content (AvgIpc) is 2.66. The highest BCUT2D eigenvalue weighted by Gasteiger charge is 2.03. The van der Waals surface area contributed by atoms with Crippen molar-refractivity contribution in [3.8, 4) is 0 Å². The van der Waals surface area contributed by atoms with E-state index < -0.39 is 0 Å². The summed E-state index contributed by atoms with van der Waals surface area (Å²) in [7, 11) is 0. The molecular formula is C14H25NO. The van der Waals surface area contributed by atoms with Crippen LogP contribution in [0.4, 0.5) is 0 Å². The van der Waals surface area contributed by atoms with E-state index >= 15 is 0 Å². The van der Waals surface area contributed by atoms with Crippen molar-refractivity contribution in [1.82, 2.24) is 4.98 Å². The zero-order valence-electron chi connectivity index (χ0n) is 11.7. The predicted molar refractivity (Wildman–Crippen MR) is 73.4 cm³/mol. The lowest BCUT2D eigenvalue weighted by Crippen LogP contribution is -1.74. The van der Waals surface area contributed by atoms with Gasteiger partial charge in [-0.3, -0.25) is 0 Å². The lowest BCUT2D eigenvalue weighted by Gasteiger charge is -1.84. The quantitative estimate of drug-likeness (QED) is 0.697. The maximum atomic E-state index is 5.36. The van der Waals surface area contributed by atoms with Gasteiger partial charge in [0, 0.05) is 6.92 Å². The predicted octanol–water partition coefficient (Wildman–Crippen LogP) is 5.10. The fourth-order valence-corrected chi connectivity index (χ4v) is 1.01. The number of nitrogens with zero attached hydrogens (tertiary/aromatic N) is 1. The smallest absolute Gasteiger partial charge is 0.192 e. The highest BCUT2D eigenvalue weighted by molar-refractivity contribution is 5.57. The van der Waals surface area contributed by atoms with Crippen molar-refractivity contribution in [2.75, 3.05) is 0 Å². The van der Waals surface area contributed by atoms with Crippen molar-refractivity contribution in [2.24, 2.45) is 0 Å². The third-order valence-corrected chi connectivity index (χ3v) is 1.43. The van der Waals surface area contributed by atoms with Crippen LogP contribution in [-0.4, -0.2) is 4.98 Å². The van der Waals surface area contributed by atoms with Gasteiger partial charge in [-0.25, -0.2) is 4.98 Å². The molecule has 0 saturated heterocycles. The highest BCUT2D eigenvalue weighted by Crippen LogP contribution is 2.13. The number of rotatable bonds is 2. The van der Waals surface area contributed by atoms with Gasteiger partial charge in [0.1, 0.15) is 5.69 Å². The van der Waals surface area contributed by atoms with Gasteiger partial charge in [0.15, 0.2) is 11.7 Å². The van der Waals surface area contributed by atoms with E-state index in [0.717, 1.165) is 11.5 Å². The molecule has 0 N–H and O–H groups in total. The molecule has 0 aliphatic rings. The second-order valence-electron chi connectivity index (χ2n) is 2.48. The van der Waals surface area contributed by atoms with Crippen molar-refractivity contribution >= 4 is 12.2 Å². The number of hydrogen-bond donors (Lipinski definition) is 0. The van der Waals surface area contributed by atoms with Gasteiger partial charge in [-0.2, -0.15) is 0 Å². The van der Waals surface area contributed by atoms with Crippen molar-refractivity contribution in [1.29, 1.82) is 0 Å². The topological polar surface area (TPSA) is 26.0 Å². The van der Waals surface area contributed by atoms with E-state index in [0.29, 0.717) is 5.89 Å². The van der Waals surface area contributed by atoms with Crippen LogP contribution in [0.5, 0.6) is 0 Å². The van der Waals surface area contributed by atoms with Crippen LogP contribution in [0.25, 0.3) is 12.2 Å². The first-order valence-electron chi connectivity index (χ1n) is 6.00. The Morgan fingerprint density at radius 3 is 1.88 bits per heavy atom. The maximum Gasteiger partial charge on any atom is 0.192 e. The average molecular weight is 223 g/mol. The molecule has 1 rings (SSSR count). The monoisotopic (exact) mass is 223 g/mol. The van der Waals surface area contributed by atoms with Gasteiger partial charge in [0.25, 0.3) is 0 Å². The first-order valence-corrected chi connectivity index (χ1v) is 6.00. The van der Waals surface area contributed by atoms with Crippen LogP contribution < -0.4 is 0 Å². The summed E-state index contributed by atoms with van der Waals surface area (Å²) in [4.78, 5) is 4.21. The Labute approximate surface area is 100 Å². The number of hydrogen-bond acceptors (Lipinski definition) is 2. The minimum Gasteiger partial charge on any atom is -0.441 e. The summed E-state index contributed by atoms with van der Waals surface area (Å²) in [6.07, 6.45) is 7.73. The summed E-state index contributed by atoms with van der Waals surface area (Å²) < 4.78 is 5.36. The molecule has 0 spiro atoms. The SMILES string of the molecule is C/C=C\c1nc(C)oc1/C=C\C.CC.CC. The summed E-state index contributed by atoms with van der Waals surface area (Å²) in [5.41, 5.74) is 0.896. The van der Waals surface area contributed by atoms with E-state index in [1.54, 1.807) is 0 Å². The summed E-state index contributed by atoms with van der Waals surface area (Å²) in [6.45, 7) is 13.8. The summed E-state index contributed by atoms with van der Waals surface area (Å²) in [6, 6.07) is 0. The Kier molecular flexibility index (Phi) is 12.6. The molecule has 16 heavy (non-hydrogen) atoms. The molecule has 2 nitrogen and oxygen atoms in total. The fourth-order valence-electron chi connectivity index (χ4n) is 1.01. The molecule has 1 aromatic heterocycles. The molecule has 0 aliphatic carbocycles. The van der Waals surface area contributed by atoms with E-state index in [4.69, 9.17) is 4.42 Å². The number of aryl methyl sites for hydroxylation is 1. The molecule has 0 unspecified atom stereocenters. The second-order valence-corrected chi connectivity index (χ2v) is 2.48. The molecule has 1 heterocycles. The summed E-state index contributed by atoms with van der Waals surface area (Å²) in [5.74, 6) is 1.53. The van der Waals surface area contributed by atoms with Crippen molar-refractivity contribution in [3.05, 3.63) is 29.5 Å². The minimum atomic E-state index is 0.705. The fraction of sp³-hybridized carbons (Fsp3) is 0.500. The third-order valence-electron chi connectivity index (χ3n) is 1.43. The van der Waals surface area contributed by atoms with Gasteiger partial charge in [0.2, 0.25) is 0 Å². The normalized spacial score (nSPS) is 9.69. The summed E-state index contributed by atoms with van der Waals surface area (Å²) >= 11 is 0. The van der Waals surface area contributed by atoms with Gasteiger partial charge in [-0.15, -0.1) is 0 Å². The molecule has 2 heteroatoms. The van der Waals surface area contributed by atoms with Crippen molar-refractivity contribution < 1.29 is 4.42 Å². The molecule has 0 aromatic carbocycles.